The molecule has 2 aromatic rings. The lowest BCUT2D eigenvalue weighted by Gasteiger charge is -2.24. The normalized spacial score (nSPS) is 10.1. The lowest BCUT2D eigenvalue weighted by molar-refractivity contribution is -0.114. The van der Waals surface area contributed by atoms with E-state index in [1.807, 2.05) is 0 Å². The summed E-state index contributed by atoms with van der Waals surface area (Å²) in [5.41, 5.74) is 1.24. The first kappa shape index (κ1) is 20.0. The predicted octanol–water partition coefficient (Wildman–Crippen LogP) is 3.15. The van der Waals surface area contributed by atoms with E-state index < -0.39 is 0 Å². The Morgan fingerprint density at radius 3 is 2.04 bits per heavy atom. The van der Waals surface area contributed by atoms with E-state index in [-0.39, 0.29) is 18.2 Å². The van der Waals surface area contributed by atoms with Gasteiger partial charge in [0.15, 0.2) is 23.0 Å². The van der Waals surface area contributed by atoms with Gasteiger partial charge >= 0.3 is 0 Å². The number of aromatic hydroxyl groups is 1. The molecule has 2 rings (SSSR count). The maximum atomic E-state index is 12.5. The molecule has 0 saturated carbocycles. The zero-order valence-electron chi connectivity index (χ0n) is 15.8. The Morgan fingerprint density at radius 2 is 1.59 bits per heavy atom. The lowest BCUT2D eigenvalue weighted by Crippen LogP contribution is -2.28. The maximum absolute atomic E-state index is 12.5. The Hall–Kier alpha value is -3.35. The number of ether oxygens (including phenoxy) is 4. The van der Waals surface area contributed by atoms with Gasteiger partial charge in [-0.1, -0.05) is 12.6 Å². The van der Waals surface area contributed by atoms with Crippen molar-refractivity contribution in [2.24, 2.45) is 0 Å². The molecule has 0 atom stereocenters. The van der Waals surface area contributed by atoms with Crippen LogP contribution in [0.15, 0.2) is 43.0 Å². The van der Waals surface area contributed by atoms with Crippen molar-refractivity contribution in [2.75, 3.05) is 33.3 Å². The fourth-order valence-corrected chi connectivity index (χ4v) is 2.65. The molecular formula is C20H23NO6. The summed E-state index contributed by atoms with van der Waals surface area (Å²) in [5.74, 6) is 1.30. The number of anilines is 1. The Morgan fingerprint density at radius 1 is 1.00 bits per heavy atom. The number of phenolic OH excluding ortho intramolecular Hbond substituents is 1. The maximum Gasteiger partial charge on any atom is 0.250 e. The van der Waals surface area contributed by atoms with Crippen LogP contribution in [0.1, 0.15) is 5.56 Å². The minimum atomic E-state index is -0.320. The van der Waals surface area contributed by atoms with Gasteiger partial charge in [-0.2, -0.15) is 0 Å². The van der Waals surface area contributed by atoms with Crippen LogP contribution in [0.2, 0.25) is 0 Å². The van der Waals surface area contributed by atoms with Crippen molar-refractivity contribution >= 4 is 11.6 Å². The van der Waals surface area contributed by atoms with Gasteiger partial charge in [-0.25, -0.2) is 0 Å². The third kappa shape index (κ3) is 4.25. The average molecular weight is 373 g/mol. The number of hydrogen-bond donors (Lipinski definition) is 1. The van der Waals surface area contributed by atoms with E-state index in [9.17, 15) is 9.90 Å². The van der Waals surface area contributed by atoms with Crippen LogP contribution in [0.3, 0.4) is 0 Å². The molecule has 0 aliphatic heterocycles. The van der Waals surface area contributed by atoms with Gasteiger partial charge in [0.1, 0.15) is 0 Å². The second-order valence-corrected chi connectivity index (χ2v) is 5.52. The van der Waals surface area contributed by atoms with Gasteiger partial charge in [0.25, 0.3) is 5.91 Å². The number of carbonyl (C=O) groups excluding carboxylic acids is 1. The minimum absolute atomic E-state index is 0.00843. The number of hydrogen-bond acceptors (Lipinski definition) is 6. The molecule has 0 aliphatic rings. The van der Waals surface area contributed by atoms with Crippen LogP contribution in [-0.4, -0.2) is 39.5 Å². The van der Waals surface area contributed by atoms with Crippen molar-refractivity contribution in [3.63, 3.8) is 0 Å². The monoisotopic (exact) mass is 373 g/mol. The Kier molecular flexibility index (Phi) is 6.54. The molecule has 0 aromatic heterocycles. The fourth-order valence-electron chi connectivity index (χ4n) is 2.65. The summed E-state index contributed by atoms with van der Waals surface area (Å²) in [6.45, 7) is 3.76. The zero-order chi connectivity index (χ0) is 20.0. The molecule has 144 valence electrons. The van der Waals surface area contributed by atoms with Crippen molar-refractivity contribution in [1.29, 1.82) is 0 Å². The van der Waals surface area contributed by atoms with Crippen LogP contribution in [0.5, 0.6) is 28.7 Å². The topological polar surface area (TPSA) is 77.5 Å². The highest BCUT2D eigenvalue weighted by atomic mass is 16.5. The molecule has 0 aliphatic carbocycles. The van der Waals surface area contributed by atoms with Crippen LogP contribution >= 0.6 is 0 Å². The third-order valence-electron chi connectivity index (χ3n) is 3.99. The molecule has 0 fully saturated rings. The number of benzene rings is 2. The lowest BCUT2D eigenvalue weighted by atomic mass is 10.1. The fraction of sp³-hybridized carbons (Fsp3) is 0.250. The number of nitrogens with zero attached hydrogens (tertiary/aromatic N) is 1. The molecule has 0 bridgehead atoms. The van der Waals surface area contributed by atoms with Crippen LogP contribution in [-0.2, 0) is 11.3 Å². The van der Waals surface area contributed by atoms with Gasteiger partial charge in [-0.05, 0) is 23.8 Å². The van der Waals surface area contributed by atoms with Crippen molar-refractivity contribution < 1.29 is 28.8 Å². The highest BCUT2D eigenvalue weighted by Gasteiger charge is 2.20. The van der Waals surface area contributed by atoms with Crippen LogP contribution < -0.4 is 23.8 Å². The molecule has 0 heterocycles. The molecule has 1 amide bonds. The average Bonchev–Trinajstić information content (AvgIpc) is 2.70. The van der Waals surface area contributed by atoms with Crippen molar-refractivity contribution in [1.82, 2.24) is 0 Å². The van der Waals surface area contributed by atoms with Crippen LogP contribution in [0.4, 0.5) is 5.69 Å². The Balaban J connectivity index is 2.49. The summed E-state index contributed by atoms with van der Waals surface area (Å²) in [6.07, 6.45) is 1.21. The van der Waals surface area contributed by atoms with E-state index in [0.717, 1.165) is 0 Å². The van der Waals surface area contributed by atoms with Gasteiger partial charge < -0.3 is 29.0 Å². The van der Waals surface area contributed by atoms with Crippen molar-refractivity contribution in [3.8, 4) is 28.7 Å². The summed E-state index contributed by atoms with van der Waals surface area (Å²) in [6, 6.07) is 8.29. The summed E-state index contributed by atoms with van der Waals surface area (Å²) in [5, 5.41) is 10.00. The number of rotatable bonds is 8. The molecule has 0 radical (unpaired) electrons. The summed E-state index contributed by atoms with van der Waals surface area (Å²) < 4.78 is 21.1. The van der Waals surface area contributed by atoms with Gasteiger partial charge in [0, 0.05) is 12.1 Å². The van der Waals surface area contributed by atoms with E-state index in [2.05, 4.69) is 6.58 Å². The molecule has 0 unspecified atom stereocenters. The van der Waals surface area contributed by atoms with E-state index in [0.29, 0.717) is 34.2 Å². The number of carbonyl (C=O) groups is 1. The Bertz CT molecular complexity index is 808. The summed E-state index contributed by atoms with van der Waals surface area (Å²) in [7, 11) is 5.98. The molecule has 0 spiro atoms. The summed E-state index contributed by atoms with van der Waals surface area (Å²) >= 11 is 0. The molecule has 7 heteroatoms. The van der Waals surface area contributed by atoms with Crippen LogP contribution in [0.25, 0.3) is 0 Å². The Labute approximate surface area is 158 Å². The van der Waals surface area contributed by atoms with Crippen LogP contribution in [0, 0.1) is 0 Å². The zero-order valence-corrected chi connectivity index (χ0v) is 15.8. The molecule has 0 saturated heterocycles. The predicted molar refractivity (Wildman–Crippen MR) is 102 cm³/mol. The quantitative estimate of drug-likeness (QED) is 0.717. The third-order valence-corrected chi connectivity index (χ3v) is 3.99. The number of amides is 1. The number of phenols is 1. The molecule has 7 nitrogen and oxygen atoms in total. The first-order valence-corrected chi connectivity index (χ1v) is 8.08. The molecular weight excluding hydrogens is 350 g/mol. The second kappa shape index (κ2) is 8.84. The van der Waals surface area contributed by atoms with Gasteiger partial charge in [-0.3, -0.25) is 4.79 Å². The largest absolute Gasteiger partial charge is 0.504 e. The second-order valence-electron chi connectivity index (χ2n) is 5.52. The molecule has 2 aromatic carbocycles. The van der Waals surface area contributed by atoms with E-state index in [4.69, 9.17) is 18.9 Å². The minimum Gasteiger partial charge on any atom is -0.504 e. The highest BCUT2D eigenvalue weighted by Crippen LogP contribution is 2.41. The molecule has 27 heavy (non-hydrogen) atoms. The SMILES string of the molecule is C=CC(=O)N(Cc1ccc(OC)c(O)c1)c1cc(OC)c(OC)c(OC)c1. The summed E-state index contributed by atoms with van der Waals surface area (Å²) in [4.78, 5) is 14.0. The van der Waals surface area contributed by atoms with Gasteiger partial charge in [0.05, 0.1) is 40.7 Å². The smallest absolute Gasteiger partial charge is 0.250 e. The van der Waals surface area contributed by atoms with Gasteiger partial charge in [0.2, 0.25) is 5.75 Å². The van der Waals surface area contributed by atoms with Crippen molar-refractivity contribution in [2.45, 2.75) is 6.54 Å². The number of methoxy groups -OCH3 is 4. The highest BCUT2D eigenvalue weighted by molar-refractivity contribution is 6.01. The standard InChI is InChI=1S/C20H23NO6/c1-6-19(23)21(12-13-7-8-16(24-2)15(22)9-13)14-10-17(25-3)20(27-5)18(11-14)26-4/h6-11,22H,1,12H2,2-5H3. The first-order valence-electron chi connectivity index (χ1n) is 8.08. The first-order chi connectivity index (χ1) is 13.0. The van der Waals surface area contributed by atoms with E-state index in [1.165, 1.54) is 39.4 Å². The van der Waals surface area contributed by atoms with Crippen molar-refractivity contribution in [3.05, 3.63) is 48.6 Å². The van der Waals surface area contributed by atoms with Gasteiger partial charge in [-0.15, -0.1) is 0 Å². The van der Waals surface area contributed by atoms with E-state index >= 15 is 0 Å². The van der Waals surface area contributed by atoms with E-state index in [1.54, 1.807) is 30.3 Å². The molecule has 1 N–H and O–H groups in total.